The van der Waals surface area contributed by atoms with E-state index in [1.54, 1.807) is 30.9 Å². The first-order chi connectivity index (χ1) is 18.2. The predicted octanol–water partition coefficient (Wildman–Crippen LogP) is 2.90. The number of carbonyl (C=O) groups excluding carboxylic acids is 1. The average molecular weight is 498 g/mol. The number of nitrogens with one attached hydrogen (secondary N) is 1. The summed E-state index contributed by atoms with van der Waals surface area (Å²) in [6.07, 6.45) is 6.98. The van der Waals surface area contributed by atoms with Crippen LogP contribution >= 0.6 is 0 Å². The molecule has 0 aliphatic rings. The molecule has 0 saturated carbocycles. The van der Waals surface area contributed by atoms with Crippen LogP contribution in [0.4, 0.5) is 5.69 Å². The van der Waals surface area contributed by atoms with Crippen LogP contribution < -0.4 is 5.32 Å². The highest BCUT2D eigenvalue weighted by atomic mass is 16.3. The van der Waals surface area contributed by atoms with E-state index in [9.17, 15) is 9.90 Å². The van der Waals surface area contributed by atoms with E-state index in [4.69, 9.17) is 0 Å². The summed E-state index contributed by atoms with van der Waals surface area (Å²) in [5.41, 5.74) is 4.22. The van der Waals surface area contributed by atoms with Crippen LogP contribution in [0.2, 0.25) is 0 Å². The fourth-order valence-corrected chi connectivity index (χ4v) is 4.14. The molecule has 1 atom stereocenters. The summed E-state index contributed by atoms with van der Waals surface area (Å²) < 4.78 is 0. The van der Waals surface area contributed by atoms with Gasteiger partial charge in [0.15, 0.2) is 0 Å². The average Bonchev–Trinajstić information content (AvgIpc) is 2.91. The van der Waals surface area contributed by atoms with Crippen molar-refractivity contribution in [1.82, 2.24) is 29.7 Å². The third kappa shape index (κ3) is 8.84. The van der Waals surface area contributed by atoms with Crippen LogP contribution in [0.15, 0.2) is 91.5 Å². The van der Waals surface area contributed by atoms with Crippen molar-refractivity contribution in [3.63, 3.8) is 0 Å². The highest BCUT2D eigenvalue weighted by Crippen LogP contribution is 2.14. The summed E-state index contributed by atoms with van der Waals surface area (Å²) in [4.78, 5) is 33.0. The van der Waals surface area contributed by atoms with Crippen molar-refractivity contribution in [3.8, 4) is 0 Å². The molecule has 0 radical (unpaired) electrons. The Kier molecular flexibility index (Phi) is 9.77. The lowest BCUT2D eigenvalue weighted by Gasteiger charge is -2.29. The van der Waals surface area contributed by atoms with E-state index in [1.165, 1.54) is 0 Å². The Bertz CT molecular complexity index is 1170. The normalized spacial score (nSPS) is 12.0. The molecule has 37 heavy (non-hydrogen) atoms. The van der Waals surface area contributed by atoms with Gasteiger partial charge in [0.1, 0.15) is 0 Å². The van der Waals surface area contributed by atoms with Gasteiger partial charge in [-0.2, -0.15) is 0 Å². The molecule has 0 aliphatic carbocycles. The standard InChI is InChI=1S/C28H31N7O2/c36-22-33-23-10-14-32-27(15-23)19-35(18-26-9-3-6-13-31-26)21-28(37)20-34(16-24-7-1-4-11-29-24)17-25-8-2-5-12-30-25/h1-15,22,28,37H,16-21H2,(H,32,33,36). The summed E-state index contributed by atoms with van der Waals surface area (Å²) in [7, 11) is 0. The first kappa shape index (κ1) is 26.0. The zero-order valence-corrected chi connectivity index (χ0v) is 20.6. The second-order valence-corrected chi connectivity index (χ2v) is 8.75. The van der Waals surface area contributed by atoms with E-state index in [0.29, 0.717) is 51.4 Å². The topological polar surface area (TPSA) is 107 Å². The molecule has 0 spiro atoms. The number of carbonyl (C=O) groups is 1. The molecule has 4 rings (SSSR count). The number of aromatic nitrogens is 4. The third-order valence-electron chi connectivity index (χ3n) is 5.70. The van der Waals surface area contributed by atoms with Crippen molar-refractivity contribution in [2.45, 2.75) is 32.3 Å². The highest BCUT2D eigenvalue weighted by molar-refractivity contribution is 5.70. The Morgan fingerprint density at radius 2 is 1.14 bits per heavy atom. The maximum atomic E-state index is 11.2. The molecule has 1 unspecified atom stereocenters. The van der Waals surface area contributed by atoms with Gasteiger partial charge in [0.2, 0.25) is 6.41 Å². The number of pyridine rings is 4. The molecule has 0 aliphatic heterocycles. The first-order valence-electron chi connectivity index (χ1n) is 12.2. The Morgan fingerprint density at radius 3 is 1.57 bits per heavy atom. The predicted molar refractivity (Wildman–Crippen MR) is 141 cm³/mol. The fraction of sp³-hybridized carbons (Fsp3) is 0.250. The molecular formula is C28H31N7O2. The molecule has 1 amide bonds. The molecule has 9 nitrogen and oxygen atoms in total. The largest absolute Gasteiger partial charge is 0.390 e. The molecule has 0 bridgehead atoms. The third-order valence-corrected chi connectivity index (χ3v) is 5.70. The van der Waals surface area contributed by atoms with Gasteiger partial charge in [0, 0.05) is 69.7 Å². The van der Waals surface area contributed by atoms with Crippen molar-refractivity contribution < 1.29 is 9.90 Å². The smallest absolute Gasteiger partial charge is 0.211 e. The lowest BCUT2D eigenvalue weighted by atomic mass is 10.2. The van der Waals surface area contributed by atoms with Gasteiger partial charge in [-0.25, -0.2) is 0 Å². The van der Waals surface area contributed by atoms with E-state index in [1.807, 2.05) is 60.7 Å². The molecule has 0 fully saturated rings. The van der Waals surface area contributed by atoms with Crippen molar-refractivity contribution in [2.24, 2.45) is 0 Å². The molecule has 9 heteroatoms. The van der Waals surface area contributed by atoms with Crippen molar-refractivity contribution >= 4 is 12.1 Å². The number of nitrogens with zero attached hydrogens (tertiary/aromatic N) is 6. The second kappa shape index (κ2) is 13.9. The van der Waals surface area contributed by atoms with E-state index < -0.39 is 6.10 Å². The lowest BCUT2D eigenvalue weighted by Crippen LogP contribution is -2.40. The van der Waals surface area contributed by atoms with E-state index in [2.05, 4.69) is 35.1 Å². The molecule has 0 saturated heterocycles. The Balaban J connectivity index is 1.47. The van der Waals surface area contributed by atoms with Gasteiger partial charge >= 0.3 is 0 Å². The molecule has 0 aromatic carbocycles. The molecule has 4 aromatic rings. The van der Waals surface area contributed by atoms with Gasteiger partial charge < -0.3 is 10.4 Å². The molecule has 4 heterocycles. The van der Waals surface area contributed by atoms with Crippen LogP contribution in [0.25, 0.3) is 0 Å². The van der Waals surface area contributed by atoms with Crippen LogP contribution in [0.1, 0.15) is 22.8 Å². The summed E-state index contributed by atoms with van der Waals surface area (Å²) in [5.74, 6) is 0. The lowest BCUT2D eigenvalue weighted by molar-refractivity contribution is -0.105. The van der Waals surface area contributed by atoms with Crippen LogP contribution in [-0.2, 0) is 31.0 Å². The van der Waals surface area contributed by atoms with Gasteiger partial charge in [0.25, 0.3) is 0 Å². The summed E-state index contributed by atoms with van der Waals surface area (Å²) in [5, 5.41) is 13.9. The zero-order valence-electron chi connectivity index (χ0n) is 20.6. The maximum Gasteiger partial charge on any atom is 0.211 e. The molecule has 4 aromatic heterocycles. The minimum atomic E-state index is -0.646. The van der Waals surface area contributed by atoms with Gasteiger partial charge in [-0.3, -0.25) is 34.5 Å². The molecular weight excluding hydrogens is 466 g/mol. The van der Waals surface area contributed by atoms with Crippen LogP contribution in [0, 0.1) is 0 Å². The van der Waals surface area contributed by atoms with E-state index in [0.717, 1.165) is 22.8 Å². The highest BCUT2D eigenvalue weighted by Gasteiger charge is 2.19. The van der Waals surface area contributed by atoms with Gasteiger partial charge in [-0.05, 0) is 48.5 Å². The van der Waals surface area contributed by atoms with Gasteiger partial charge in [0.05, 0.1) is 28.9 Å². The Labute approximate surface area is 216 Å². The summed E-state index contributed by atoms with van der Waals surface area (Å²) >= 11 is 0. The zero-order chi connectivity index (χ0) is 25.7. The van der Waals surface area contributed by atoms with Crippen molar-refractivity contribution in [1.29, 1.82) is 0 Å². The van der Waals surface area contributed by atoms with Crippen LogP contribution in [0.3, 0.4) is 0 Å². The van der Waals surface area contributed by atoms with E-state index in [-0.39, 0.29) is 0 Å². The van der Waals surface area contributed by atoms with E-state index >= 15 is 0 Å². The van der Waals surface area contributed by atoms with Gasteiger partial charge in [-0.15, -0.1) is 0 Å². The minimum absolute atomic E-state index is 0.407. The van der Waals surface area contributed by atoms with Crippen LogP contribution in [0.5, 0.6) is 0 Å². The number of hydrogen-bond acceptors (Lipinski definition) is 8. The fourth-order valence-electron chi connectivity index (χ4n) is 4.14. The number of amides is 1. The number of aliphatic hydroxyl groups excluding tert-OH is 1. The quantitative estimate of drug-likeness (QED) is 0.256. The van der Waals surface area contributed by atoms with Crippen molar-refractivity contribution in [3.05, 3.63) is 114 Å². The monoisotopic (exact) mass is 497 g/mol. The maximum absolute atomic E-state index is 11.2. The second-order valence-electron chi connectivity index (χ2n) is 8.75. The molecule has 2 N–H and O–H groups in total. The summed E-state index contributed by atoms with van der Waals surface area (Å²) in [6, 6.07) is 21.1. The summed E-state index contributed by atoms with van der Waals surface area (Å²) in [6.45, 7) is 3.07. The Morgan fingerprint density at radius 1 is 0.676 bits per heavy atom. The number of rotatable bonds is 14. The number of anilines is 1. The number of hydrogen-bond donors (Lipinski definition) is 2. The Hall–Kier alpha value is -4.05. The number of aliphatic hydroxyl groups is 1. The SMILES string of the molecule is O=CNc1ccnc(CN(Cc2ccccn2)CC(O)CN(Cc2ccccn2)Cc2ccccn2)c1. The van der Waals surface area contributed by atoms with Crippen molar-refractivity contribution in [2.75, 3.05) is 18.4 Å². The van der Waals surface area contributed by atoms with Crippen LogP contribution in [-0.4, -0.2) is 60.4 Å². The minimum Gasteiger partial charge on any atom is -0.390 e. The molecule has 190 valence electrons. The van der Waals surface area contributed by atoms with Gasteiger partial charge in [-0.1, -0.05) is 18.2 Å². The first-order valence-corrected chi connectivity index (χ1v) is 12.2.